The third-order valence-electron chi connectivity index (χ3n) is 5.68. The summed E-state index contributed by atoms with van der Waals surface area (Å²) in [6.07, 6.45) is 0.238. The molecule has 0 radical (unpaired) electrons. The van der Waals surface area contributed by atoms with Crippen LogP contribution in [-0.2, 0) is 21.6 Å². The Morgan fingerprint density at radius 1 is 1.28 bits per heavy atom. The minimum absolute atomic E-state index is 0.0594. The van der Waals surface area contributed by atoms with E-state index in [9.17, 15) is 9.59 Å². The van der Waals surface area contributed by atoms with Gasteiger partial charge in [-0.15, -0.1) is 11.3 Å². The summed E-state index contributed by atoms with van der Waals surface area (Å²) in [5, 5.41) is 17.7. The van der Waals surface area contributed by atoms with Gasteiger partial charge in [0.15, 0.2) is 5.96 Å². The van der Waals surface area contributed by atoms with Crippen molar-refractivity contribution >= 4 is 39.2 Å². The van der Waals surface area contributed by atoms with Gasteiger partial charge in [0.1, 0.15) is 0 Å². The van der Waals surface area contributed by atoms with E-state index in [2.05, 4.69) is 28.8 Å². The molecule has 0 saturated carbocycles. The lowest BCUT2D eigenvalue weighted by Crippen LogP contribution is -2.59. The fraction of sp³-hybridized carbons (Fsp3) is 0.292. The molecule has 1 aromatic heterocycles. The van der Waals surface area contributed by atoms with E-state index in [-0.39, 0.29) is 30.7 Å². The van der Waals surface area contributed by atoms with Crippen LogP contribution in [0.1, 0.15) is 34.8 Å². The van der Waals surface area contributed by atoms with Gasteiger partial charge in [0.05, 0.1) is 25.1 Å². The largest absolute Gasteiger partial charge is 0.383 e. The van der Waals surface area contributed by atoms with Crippen LogP contribution in [0.4, 0.5) is 0 Å². The number of ether oxygens (including phenoxy) is 1. The van der Waals surface area contributed by atoms with Crippen LogP contribution < -0.4 is 10.6 Å². The Kier molecular flexibility index (Phi) is 6.25. The zero-order valence-electron chi connectivity index (χ0n) is 18.1. The van der Waals surface area contributed by atoms with E-state index >= 15 is 0 Å². The van der Waals surface area contributed by atoms with E-state index in [0.29, 0.717) is 18.7 Å². The number of carbonyl (C=O) groups excluding carboxylic acids is 2. The average molecular weight is 451 g/mol. The van der Waals surface area contributed by atoms with Crippen LogP contribution in [0.2, 0.25) is 0 Å². The second-order valence-electron chi connectivity index (χ2n) is 8.08. The van der Waals surface area contributed by atoms with Gasteiger partial charge in [-0.25, -0.2) is 0 Å². The number of thiophene rings is 1. The number of nitrogens with zero attached hydrogens (tertiary/aromatic N) is 1. The van der Waals surface area contributed by atoms with Crippen molar-refractivity contribution in [3.05, 3.63) is 70.6 Å². The van der Waals surface area contributed by atoms with Gasteiger partial charge >= 0.3 is 0 Å². The monoisotopic (exact) mass is 450 g/mol. The highest BCUT2D eigenvalue weighted by molar-refractivity contribution is 7.17. The van der Waals surface area contributed by atoms with Crippen LogP contribution >= 0.6 is 11.3 Å². The van der Waals surface area contributed by atoms with Crippen molar-refractivity contribution < 1.29 is 14.3 Å². The number of guanidine groups is 1. The molecule has 0 unspecified atom stereocenters. The normalized spacial score (nSPS) is 18.6. The summed E-state index contributed by atoms with van der Waals surface area (Å²) in [5.41, 5.74) is 1.63. The highest BCUT2D eigenvalue weighted by Crippen LogP contribution is 2.33. The van der Waals surface area contributed by atoms with E-state index < -0.39 is 5.54 Å². The second-order valence-corrected chi connectivity index (χ2v) is 9.03. The van der Waals surface area contributed by atoms with E-state index in [1.54, 1.807) is 36.6 Å². The van der Waals surface area contributed by atoms with E-state index in [4.69, 9.17) is 10.1 Å². The number of carbonyl (C=O) groups is 2. The molecular weight excluding hydrogens is 424 g/mol. The zero-order valence-corrected chi connectivity index (χ0v) is 18.9. The standard InChI is InChI=1S/C24H26N4O3S/c1-24(19-6-7-20-17(13-19)8-11-32-20)14-21(29)28(23(25)27-24)15-16-4-3-5-18(12-16)22(30)26-9-10-31-2/h3-8,11-13H,9-10,14-15H2,1-2H3,(H2,25,27)(H,26,30)/t24-/m0/s1. The van der Waals surface area contributed by atoms with Crippen molar-refractivity contribution in [3.8, 4) is 0 Å². The summed E-state index contributed by atoms with van der Waals surface area (Å²) in [7, 11) is 1.58. The van der Waals surface area contributed by atoms with E-state index in [1.165, 1.54) is 9.60 Å². The molecule has 1 saturated heterocycles. The van der Waals surface area contributed by atoms with Gasteiger partial charge < -0.3 is 15.4 Å². The van der Waals surface area contributed by atoms with Crippen molar-refractivity contribution in [3.63, 3.8) is 0 Å². The molecule has 2 heterocycles. The molecule has 2 aromatic carbocycles. The first-order valence-electron chi connectivity index (χ1n) is 10.4. The summed E-state index contributed by atoms with van der Waals surface area (Å²) in [6.45, 7) is 3.04. The first-order valence-corrected chi connectivity index (χ1v) is 11.3. The molecule has 0 bridgehead atoms. The SMILES string of the molecule is COCCNC(=O)c1cccc(CN2C(=N)N[C@](C)(c3ccc4sccc4c3)CC2=O)c1. The quantitative estimate of drug-likeness (QED) is 0.481. The summed E-state index contributed by atoms with van der Waals surface area (Å²) in [4.78, 5) is 26.8. The maximum atomic E-state index is 13.1. The lowest BCUT2D eigenvalue weighted by atomic mass is 9.86. The van der Waals surface area contributed by atoms with Crippen molar-refractivity contribution in [2.45, 2.75) is 25.4 Å². The fourth-order valence-electron chi connectivity index (χ4n) is 3.91. The Hall–Kier alpha value is -3.23. The van der Waals surface area contributed by atoms with Gasteiger partial charge in [0, 0.05) is 23.9 Å². The number of fused-ring (bicyclic) bond motifs is 1. The molecule has 32 heavy (non-hydrogen) atoms. The Bertz CT molecular complexity index is 1150. The van der Waals surface area contributed by atoms with Gasteiger partial charge in [-0.3, -0.25) is 19.9 Å². The Morgan fingerprint density at radius 2 is 2.12 bits per heavy atom. The van der Waals surface area contributed by atoms with E-state index in [0.717, 1.165) is 16.5 Å². The summed E-state index contributed by atoms with van der Waals surface area (Å²) in [5.74, 6) is -0.265. The first kappa shape index (κ1) is 22.0. The van der Waals surface area contributed by atoms with Crippen LogP contribution in [0.25, 0.3) is 10.1 Å². The van der Waals surface area contributed by atoms with Crippen molar-refractivity contribution in [2.75, 3.05) is 20.3 Å². The molecule has 166 valence electrons. The smallest absolute Gasteiger partial charge is 0.251 e. The van der Waals surface area contributed by atoms with Crippen molar-refractivity contribution in [2.24, 2.45) is 0 Å². The number of nitrogens with one attached hydrogen (secondary N) is 3. The highest BCUT2D eigenvalue weighted by atomic mass is 32.1. The van der Waals surface area contributed by atoms with Gasteiger partial charge in [-0.2, -0.15) is 0 Å². The van der Waals surface area contributed by atoms with Crippen LogP contribution in [0, 0.1) is 5.41 Å². The molecule has 0 aliphatic carbocycles. The Balaban J connectivity index is 1.47. The molecule has 1 atom stereocenters. The van der Waals surface area contributed by atoms with Crippen LogP contribution in [0.3, 0.4) is 0 Å². The van der Waals surface area contributed by atoms with Crippen molar-refractivity contribution in [1.82, 2.24) is 15.5 Å². The summed E-state index contributed by atoms with van der Waals surface area (Å²) < 4.78 is 6.15. The summed E-state index contributed by atoms with van der Waals surface area (Å²) in [6, 6.07) is 15.3. The lowest BCUT2D eigenvalue weighted by molar-refractivity contribution is -0.131. The average Bonchev–Trinajstić information content (AvgIpc) is 3.25. The van der Waals surface area contributed by atoms with Crippen LogP contribution in [0.5, 0.6) is 0 Å². The maximum Gasteiger partial charge on any atom is 0.251 e. The third-order valence-corrected chi connectivity index (χ3v) is 6.58. The number of hydrogen-bond donors (Lipinski definition) is 3. The zero-order chi connectivity index (χ0) is 22.7. The predicted molar refractivity (Wildman–Crippen MR) is 126 cm³/mol. The number of benzene rings is 2. The third kappa shape index (κ3) is 4.51. The molecule has 0 spiro atoms. The number of hydrogen-bond acceptors (Lipinski definition) is 5. The summed E-state index contributed by atoms with van der Waals surface area (Å²) >= 11 is 1.68. The fourth-order valence-corrected chi connectivity index (χ4v) is 4.68. The molecule has 3 N–H and O–H groups in total. The molecule has 7 nitrogen and oxygen atoms in total. The van der Waals surface area contributed by atoms with Crippen LogP contribution in [-0.4, -0.2) is 42.9 Å². The lowest BCUT2D eigenvalue weighted by Gasteiger charge is -2.41. The molecule has 1 aliphatic rings. The maximum absolute atomic E-state index is 13.1. The van der Waals surface area contributed by atoms with Gasteiger partial charge in [-0.05, 0) is 59.1 Å². The second kappa shape index (κ2) is 9.10. The highest BCUT2D eigenvalue weighted by Gasteiger charge is 2.39. The van der Waals surface area contributed by atoms with Crippen molar-refractivity contribution in [1.29, 1.82) is 5.41 Å². The topological polar surface area (TPSA) is 94.5 Å². The molecule has 8 heteroatoms. The Labute approximate surface area is 190 Å². The van der Waals surface area contributed by atoms with Gasteiger partial charge in [0.2, 0.25) is 5.91 Å². The Morgan fingerprint density at radius 3 is 2.91 bits per heavy atom. The molecule has 1 aliphatic heterocycles. The van der Waals surface area contributed by atoms with Crippen LogP contribution in [0.15, 0.2) is 53.9 Å². The van der Waals surface area contributed by atoms with Gasteiger partial charge in [0.25, 0.3) is 5.91 Å². The number of methoxy groups -OCH3 is 1. The van der Waals surface area contributed by atoms with Gasteiger partial charge in [-0.1, -0.05) is 18.2 Å². The number of rotatable bonds is 7. The molecule has 2 amide bonds. The molecular formula is C24H26N4O3S. The molecule has 1 fully saturated rings. The minimum Gasteiger partial charge on any atom is -0.383 e. The molecule has 4 rings (SSSR count). The molecule has 3 aromatic rings. The first-order chi connectivity index (χ1) is 15.4. The minimum atomic E-state index is -0.649. The van der Waals surface area contributed by atoms with E-state index in [1.807, 2.05) is 24.4 Å². The predicted octanol–water partition coefficient (Wildman–Crippen LogP) is 3.45. The number of amides is 2.